The average Bonchev–Trinajstić information content (AvgIpc) is 2.73. The van der Waals surface area contributed by atoms with Crippen molar-refractivity contribution in [3.05, 3.63) is 36.4 Å². The van der Waals surface area contributed by atoms with E-state index in [2.05, 4.69) is 38.1 Å². The van der Waals surface area contributed by atoms with Crippen molar-refractivity contribution in [1.82, 2.24) is 9.97 Å². The Kier molecular flexibility index (Phi) is 7.89. The zero-order valence-corrected chi connectivity index (χ0v) is 17.2. The number of nitrogens with zero attached hydrogens (tertiary/aromatic N) is 2. The highest BCUT2D eigenvalue weighted by molar-refractivity contribution is 6.03. The highest BCUT2D eigenvalue weighted by Gasteiger charge is 2.08. The van der Waals surface area contributed by atoms with Gasteiger partial charge in [0.05, 0.1) is 13.2 Å². The molecule has 0 bridgehead atoms. The molecular formula is C24H32N2O2. The van der Waals surface area contributed by atoms with Crippen LogP contribution < -0.4 is 9.47 Å². The Hall–Kier alpha value is -2.36. The van der Waals surface area contributed by atoms with Gasteiger partial charge in [0.1, 0.15) is 11.0 Å². The predicted molar refractivity (Wildman–Crippen MR) is 116 cm³/mol. The quantitative estimate of drug-likeness (QED) is 0.259. The molecule has 0 N–H and O–H groups in total. The molecule has 0 aliphatic heterocycles. The number of hydrogen-bond donors (Lipinski definition) is 0. The minimum Gasteiger partial charge on any atom is -0.478 e. The first-order valence-electron chi connectivity index (χ1n) is 10.8. The van der Waals surface area contributed by atoms with E-state index in [1.165, 1.54) is 38.5 Å². The van der Waals surface area contributed by atoms with Crippen LogP contribution in [0.1, 0.15) is 65.2 Å². The lowest BCUT2D eigenvalue weighted by molar-refractivity contribution is 0.294. The second-order valence-electron chi connectivity index (χ2n) is 7.33. The van der Waals surface area contributed by atoms with Gasteiger partial charge >= 0.3 is 0 Å². The van der Waals surface area contributed by atoms with Gasteiger partial charge in [-0.05, 0) is 25.0 Å². The van der Waals surface area contributed by atoms with Crippen LogP contribution in [0, 0.1) is 0 Å². The van der Waals surface area contributed by atoms with E-state index in [1.54, 1.807) is 0 Å². The summed E-state index contributed by atoms with van der Waals surface area (Å²) in [6.07, 6.45) is 9.51. The molecule has 0 saturated heterocycles. The molecule has 3 rings (SSSR count). The highest BCUT2D eigenvalue weighted by atomic mass is 16.5. The van der Waals surface area contributed by atoms with E-state index in [1.807, 2.05) is 12.1 Å². The van der Waals surface area contributed by atoms with Crippen molar-refractivity contribution in [1.29, 1.82) is 0 Å². The summed E-state index contributed by atoms with van der Waals surface area (Å²) in [6, 6.07) is 12.2. The van der Waals surface area contributed by atoms with Crippen LogP contribution in [0.3, 0.4) is 0 Å². The van der Waals surface area contributed by atoms with Crippen molar-refractivity contribution in [3.63, 3.8) is 0 Å². The standard InChI is InChI=1S/C24H32N2O2/c1-3-5-7-9-17-27-21-15-13-19-11-12-20-14-16-22(26-24(20)23(19)25-21)28-18-10-8-6-4-2/h11-16H,3-10,17-18H2,1-2H3. The van der Waals surface area contributed by atoms with E-state index in [9.17, 15) is 0 Å². The van der Waals surface area contributed by atoms with Gasteiger partial charge in [-0.15, -0.1) is 0 Å². The molecule has 0 atom stereocenters. The van der Waals surface area contributed by atoms with Crippen LogP contribution in [-0.4, -0.2) is 23.2 Å². The van der Waals surface area contributed by atoms with Gasteiger partial charge in [0, 0.05) is 22.9 Å². The largest absolute Gasteiger partial charge is 0.478 e. The number of aromatic nitrogens is 2. The first-order chi connectivity index (χ1) is 13.8. The summed E-state index contributed by atoms with van der Waals surface area (Å²) < 4.78 is 11.7. The molecule has 0 amide bonds. The molecule has 0 aliphatic rings. The lowest BCUT2D eigenvalue weighted by Crippen LogP contribution is -2.00. The van der Waals surface area contributed by atoms with Crippen molar-refractivity contribution in [2.75, 3.05) is 13.2 Å². The van der Waals surface area contributed by atoms with Gasteiger partial charge < -0.3 is 9.47 Å². The monoisotopic (exact) mass is 380 g/mol. The van der Waals surface area contributed by atoms with Crippen LogP contribution in [0.15, 0.2) is 36.4 Å². The third-order valence-electron chi connectivity index (χ3n) is 4.96. The normalized spacial score (nSPS) is 11.2. The number of ether oxygens (including phenoxy) is 2. The second kappa shape index (κ2) is 10.8. The Morgan fingerprint density at radius 3 is 1.43 bits per heavy atom. The Labute approximate surface area is 168 Å². The molecule has 150 valence electrons. The summed E-state index contributed by atoms with van der Waals surface area (Å²) in [4.78, 5) is 9.49. The van der Waals surface area contributed by atoms with E-state index in [0.29, 0.717) is 25.0 Å². The van der Waals surface area contributed by atoms with Crippen LogP contribution >= 0.6 is 0 Å². The number of rotatable bonds is 12. The molecule has 0 fully saturated rings. The van der Waals surface area contributed by atoms with Gasteiger partial charge in [0.25, 0.3) is 0 Å². The molecule has 28 heavy (non-hydrogen) atoms. The zero-order valence-electron chi connectivity index (χ0n) is 17.2. The van der Waals surface area contributed by atoms with Gasteiger partial charge in [-0.3, -0.25) is 0 Å². The maximum atomic E-state index is 5.87. The molecular weight excluding hydrogens is 348 g/mol. The predicted octanol–water partition coefficient (Wildman–Crippen LogP) is 6.70. The molecule has 0 spiro atoms. The summed E-state index contributed by atoms with van der Waals surface area (Å²) in [5.41, 5.74) is 1.75. The maximum Gasteiger partial charge on any atom is 0.213 e. The third-order valence-corrected chi connectivity index (χ3v) is 4.96. The number of pyridine rings is 2. The van der Waals surface area contributed by atoms with Crippen LogP contribution in [0.4, 0.5) is 0 Å². The number of unbranched alkanes of at least 4 members (excludes halogenated alkanes) is 6. The highest BCUT2D eigenvalue weighted by Crippen LogP contribution is 2.26. The molecule has 2 heterocycles. The van der Waals surface area contributed by atoms with Gasteiger partial charge in [-0.2, -0.15) is 0 Å². The van der Waals surface area contributed by atoms with E-state index in [-0.39, 0.29) is 0 Å². The Bertz CT molecular complexity index is 806. The fraction of sp³-hybridized carbons (Fsp3) is 0.500. The molecule has 0 aliphatic carbocycles. The SMILES string of the molecule is CCCCCCOc1ccc2ccc3ccc(OCCCCCC)nc3c2n1. The first kappa shape index (κ1) is 20.4. The number of hydrogen-bond acceptors (Lipinski definition) is 4. The smallest absolute Gasteiger partial charge is 0.213 e. The Morgan fingerprint density at radius 2 is 1.00 bits per heavy atom. The fourth-order valence-electron chi connectivity index (χ4n) is 3.30. The molecule has 2 aromatic heterocycles. The van der Waals surface area contributed by atoms with Gasteiger partial charge in [0.15, 0.2) is 0 Å². The van der Waals surface area contributed by atoms with Crippen molar-refractivity contribution in [2.45, 2.75) is 65.2 Å². The van der Waals surface area contributed by atoms with Crippen LogP contribution in [0.5, 0.6) is 11.8 Å². The molecule has 3 aromatic rings. The molecule has 4 heteroatoms. The van der Waals surface area contributed by atoms with Crippen LogP contribution in [0.2, 0.25) is 0 Å². The van der Waals surface area contributed by atoms with Crippen molar-refractivity contribution in [2.24, 2.45) is 0 Å². The molecule has 0 unspecified atom stereocenters. The Morgan fingerprint density at radius 1 is 0.571 bits per heavy atom. The molecule has 1 aromatic carbocycles. The molecule has 0 radical (unpaired) electrons. The van der Waals surface area contributed by atoms with Gasteiger partial charge in [-0.25, -0.2) is 9.97 Å². The fourth-order valence-corrected chi connectivity index (χ4v) is 3.30. The van der Waals surface area contributed by atoms with E-state index >= 15 is 0 Å². The number of fused-ring (bicyclic) bond motifs is 3. The summed E-state index contributed by atoms with van der Waals surface area (Å²) in [7, 11) is 0. The molecule has 4 nitrogen and oxygen atoms in total. The van der Waals surface area contributed by atoms with Gasteiger partial charge in [0.2, 0.25) is 11.8 Å². The summed E-state index contributed by atoms with van der Waals surface area (Å²) >= 11 is 0. The van der Waals surface area contributed by atoms with E-state index in [4.69, 9.17) is 19.4 Å². The van der Waals surface area contributed by atoms with E-state index < -0.39 is 0 Å². The van der Waals surface area contributed by atoms with Crippen LogP contribution in [-0.2, 0) is 0 Å². The minimum absolute atomic E-state index is 0.671. The van der Waals surface area contributed by atoms with Crippen molar-refractivity contribution >= 4 is 21.8 Å². The topological polar surface area (TPSA) is 44.2 Å². The minimum atomic E-state index is 0.671. The summed E-state index contributed by atoms with van der Waals surface area (Å²) in [6.45, 7) is 5.85. The lowest BCUT2D eigenvalue weighted by atomic mass is 10.1. The lowest BCUT2D eigenvalue weighted by Gasteiger charge is -2.09. The first-order valence-corrected chi connectivity index (χ1v) is 10.8. The summed E-state index contributed by atoms with van der Waals surface area (Å²) in [5.74, 6) is 1.34. The van der Waals surface area contributed by atoms with Crippen molar-refractivity contribution < 1.29 is 9.47 Å². The molecule has 0 saturated carbocycles. The second-order valence-corrected chi connectivity index (χ2v) is 7.33. The van der Waals surface area contributed by atoms with E-state index in [0.717, 1.165) is 34.6 Å². The van der Waals surface area contributed by atoms with Gasteiger partial charge in [-0.1, -0.05) is 64.5 Å². The third kappa shape index (κ3) is 5.57. The average molecular weight is 381 g/mol. The van der Waals surface area contributed by atoms with Crippen LogP contribution in [0.25, 0.3) is 21.8 Å². The summed E-state index contributed by atoms with van der Waals surface area (Å²) in [5, 5.41) is 2.14. The Balaban J connectivity index is 1.74. The van der Waals surface area contributed by atoms with Crippen molar-refractivity contribution in [3.8, 4) is 11.8 Å². The maximum absolute atomic E-state index is 5.87. The number of benzene rings is 1. The zero-order chi connectivity index (χ0) is 19.6.